The van der Waals surface area contributed by atoms with Crippen LogP contribution in [0.15, 0.2) is 0 Å². The molecular formula is C12H26N2O4S. The Morgan fingerprint density at radius 2 is 1.53 bits per heavy atom. The zero-order chi connectivity index (χ0) is 15.4. The molecule has 0 spiro atoms. The molecule has 0 aromatic rings. The quantitative estimate of drug-likeness (QED) is 0.721. The molecule has 0 unspecified atom stereocenters. The Bertz CT molecular complexity index is 396. The zero-order valence-corrected chi connectivity index (χ0v) is 13.6. The lowest BCUT2D eigenvalue weighted by Gasteiger charge is -2.26. The van der Waals surface area contributed by atoms with Gasteiger partial charge in [0.1, 0.15) is 11.6 Å². The van der Waals surface area contributed by atoms with E-state index >= 15 is 0 Å². The monoisotopic (exact) mass is 294 g/mol. The number of nitrogens with one attached hydrogen (secondary N) is 2. The van der Waals surface area contributed by atoms with Gasteiger partial charge in [-0.3, -0.25) is 4.79 Å². The maximum absolute atomic E-state index is 12.0. The van der Waals surface area contributed by atoms with Crippen molar-refractivity contribution >= 4 is 16.2 Å². The predicted octanol–water partition coefficient (Wildman–Crippen LogP) is 1.19. The van der Waals surface area contributed by atoms with E-state index in [1.165, 1.54) is 0 Å². The smallest absolute Gasteiger partial charge is 0.325 e. The maximum atomic E-state index is 12.0. The molecule has 0 heterocycles. The molecule has 2 N–H and O–H groups in total. The van der Waals surface area contributed by atoms with Crippen LogP contribution in [0.1, 0.15) is 48.5 Å². The van der Waals surface area contributed by atoms with Crippen LogP contribution in [0.4, 0.5) is 0 Å². The van der Waals surface area contributed by atoms with Gasteiger partial charge >= 0.3 is 5.97 Å². The highest BCUT2D eigenvalue weighted by Crippen LogP contribution is 2.12. The molecule has 0 radical (unpaired) electrons. The van der Waals surface area contributed by atoms with Crippen LogP contribution in [-0.2, 0) is 19.7 Å². The van der Waals surface area contributed by atoms with Gasteiger partial charge in [-0.25, -0.2) is 0 Å². The fourth-order valence-electron chi connectivity index (χ4n) is 1.33. The molecule has 114 valence electrons. The molecule has 19 heavy (non-hydrogen) atoms. The second-order valence-electron chi connectivity index (χ2n) is 6.15. The molecule has 1 atom stereocenters. The van der Waals surface area contributed by atoms with E-state index in [0.29, 0.717) is 0 Å². The van der Waals surface area contributed by atoms with E-state index in [-0.39, 0.29) is 12.0 Å². The number of esters is 1. The Morgan fingerprint density at radius 1 is 1.05 bits per heavy atom. The highest BCUT2D eigenvalue weighted by atomic mass is 32.2. The van der Waals surface area contributed by atoms with E-state index < -0.39 is 27.8 Å². The summed E-state index contributed by atoms with van der Waals surface area (Å²) in [6.07, 6.45) is 0. The molecule has 0 rings (SSSR count). The first kappa shape index (κ1) is 18.3. The number of hydrogen-bond acceptors (Lipinski definition) is 4. The van der Waals surface area contributed by atoms with Crippen LogP contribution in [0.3, 0.4) is 0 Å². The first-order valence-electron chi connectivity index (χ1n) is 6.36. The molecule has 0 fully saturated rings. The summed E-state index contributed by atoms with van der Waals surface area (Å²) < 4.78 is 33.5. The van der Waals surface area contributed by atoms with Crippen molar-refractivity contribution in [2.45, 2.75) is 66.2 Å². The second-order valence-corrected chi connectivity index (χ2v) is 7.63. The normalized spacial score (nSPS) is 14.8. The molecule has 0 bridgehead atoms. The minimum Gasteiger partial charge on any atom is -0.459 e. The maximum Gasteiger partial charge on any atom is 0.325 e. The Balaban J connectivity index is 4.90. The van der Waals surface area contributed by atoms with Gasteiger partial charge in [0.15, 0.2) is 0 Å². The van der Waals surface area contributed by atoms with Crippen molar-refractivity contribution in [3.63, 3.8) is 0 Å². The lowest BCUT2D eigenvalue weighted by atomic mass is 10.1. The predicted molar refractivity (Wildman–Crippen MR) is 74.8 cm³/mol. The number of hydrogen-bond donors (Lipinski definition) is 2. The summed E-state index contributed by atoms with van der Waals surface area (Å²) in [5, 5.41) is 0. The van der Waals surface area contributed by atoms with Gasteiger partial charge in [-0.1, -0.05) is 13.8 Å². The van der Waals surface area contributed by atoms with Gasteiger partial charge in [0.05, 0.1) is 0 Å². The van der Waals surface area contributed by atoms with Crippen LogP contribution in [0, 0.1) is 5.92 Å². The number of carbonyl (C=O) groups is 1. The van der Waals surface area contributed by atoms with E-state index in [9.17, 15) is 13.2 Å². The largest absolute Gasteiger partial charge is 0.459 e. The lowest BCUT2D eigenvalue weighted by Crippen LogP contribution is -2.51. The molecule has 7 heteroatoms. The molecule has 6 nitrogen and oxygen atoms in total. The van der Waals surface area contributed by atoms with Crippen molar-refractivity contribution in [3.05, 3.63) is 0 Å². The second kappa shape index (κ2) is 6.67. The van der Waals surface area contributed by atoms with Gasteiger partial charge < -0.3 is 4.74 Å². The fourth-order valence-corrected chi connectivity index (χ4v) is 2.72. The first-order chi connectivity index (χ1) is 8.34. The van der Waals surface area contributed by atoms with Gasteiger partial charge in [0.2, 0.25) is 0 Å². The van der Waals surface area contributed by atoms with E-state index in [1.807, 2.05) is 0 Å². The molecular weight excluding hydrogens is 268 g/mol. The van der Waals surface area contributed by atoms with Crippen LogP contribution >= 0.6 is 0 Å². The molecule has 0 aliphatic heterocycles. The van der Waals surface area contributed by atoms with Gasteiger partial charge in [0, 0.05) is 6.04 Å². The third-order valence-electron chi connectivity index (χ3n) is 2.00. The summed E-state index contributed by atoms with van der Waals surface area (Å²) in [6, 6.07) is -1.15. The zero-order valence-electron chi connectivity index (χ0n) is 12.8. The molecule has 0 aliphatic carbocycles. The third kappa shape index (κ3) is 8.18. The molecule has 0 saturated heterocycles. The molecule has 0 aromatic heterocycles. The highest BCUT2D eigenvalue weighted by molar-refractivity contribution is 7.87. The summed E-state index contributed by atoms with van der Waals surface area (Å²) in [4.78, 5) is 12.0. The Kier molecular flexibility index (Phi) is 6.44. The summed E-state index contributed by atoms with van der Waals surface area (Å²) >= 11 is 0. The van der Waals surface area contributed by atoms with E-state index in [1.54, 1.807) is 48.5 Å². The van der Waals surface area contributed by atoms with Gasteiger partial charge in [-0.15, -0.1) is 0 Å². The van der Waals surface area contributed by atoms with Crippen molar-refractivity contribution in [1.82, 2.24) is 9.44 Å². The lowest BCUT2D eigenvalue weighted by molar-refractivity contribution is -0.158. The Hall–Kier alpha value is -0.660. The topological polar surface area (TPSA) is 84.5 Å². The average molecular weight is 294 g/mol. The van der Waals surface area contributed by atoms with Crippen LogP contribution in [0.25, 0.3) is 0 Å². The summed E-state index contributed by atoms with van der Waals surface area (Å²) in [5.74, 6) is -0.782. The van der Waals surface area contributed by atoms with Crippen molar-refractivity contribution in [2.24, 2.45) is 5.92 Å². The fraction of sp³-hybridized carbons (Fsp3) is 0.917. The van der Waals surface area contributed by atoms with Crippen molar-refractivity contribution in [3.8, 4) is 0 Å². The van der Waals surface area contributed by atoms with Gasteiger partial charge in [-0.2, -0.15) is 17.9 Å². The first-order valence-corrected chi connectivity index (χ1v) is 7.85. The standard InChI is InChI=1S/C12H26N2O4S/c1-8(2)10(11(15)18-12(5,6)7)14-19(16,17)13-9(3)4/h8-10,13-14H,1-7H3/t10-/m1/s1. The molecule has 0 aromatic carbocycles. The summed E-state index contributed by atoms with van der Waals surface area (Å²) in [7, 11) is -3.73. The third-order valence-corrected chi connectivity index (χ3v) is 3.35. The van der Waals surface area contributed by atoms with Crippen LogP contribution in [0.5, 0.6) is 0 Å². The SMILES string of the molecule is CC(C)NS(=O)(=O)N[C@@H](C(=O)OC(C)(C)C)C(C)C. The summed E-state index contributed by atoms with van der Waals surface area (Å²) in [5.41, 5.74) is -0.652. The van der Waals surface area contributed by atoms with Crippen molar-refractivity contribution in [1.29, 1.82) is 0 Å². The number of ether oxygens (including phenoxy) is 1. The van der Waals surface area contributed by atoms with Gasteiger partial charge in [-0.05, 0) is 40.5 Å². The van der Waals surface area contributed by atoms with E-state index in [2.05, 4.69) is 9.44 Å². The minimum atomic E-state index is -3.73. The molecule has 0 aliphatic rings. The van der Waals surface area contributed by atoms with Crippen LogP contribution in [-0.4, -0.2) is 32.1 Å². The molecule has 0 amide bonds. The summed E-state index contributed by atoms with van der Waals surface area (Å²) in [6.45, 7) is 12.1. The Morgan fingerprint density at radius 3 is 1.84 bits per heavy atom. The van der Waals surface area contributed by atoms with E-state index in [4.69, 9.17) is 4.74 Å². The number of rotatable bonds is 6. The highest BCUT2D eigenvalue weighted by Gasteiger charge is 2.31. The van der Waals surface area contributed by atoms with Crippen LogP contribution in [0.2, 0.25) is 0 Å². The number of carbonyl (C=O) groups excluding carboxylic acids is 1. The van der Waals surface area contributed by atoms with Gasteiger partial charge in [0.25, 0.3) is 10.2 Å². The average Bonchev–Trinajstić information content (AvgIpc) is 2.08. The van der Waals surface area contributed by atoms with Crippen molar-refractivity contribution < 1.29 is 17.9 Å². The Labute approximate surface area is 116 Å². The van der Waals surface area contributed by atoms with Crippen molar-refractivity contribution in [2.75, 3.05) is 0 Å². The minimum absolute atomic E-state index is 0.210. The molecule has 0 saturated carbocycles. The van der Waals surface area contributed by atoms with Crippen LogP contribution < -0.4 is 9.44 Å². The van der Waals surface area contributed by atoms with E-state index in [0.717, 1.165) is 0 Å².